The third-order valence-corrected chi connectivity index (χ3v) is 3.65. The van der Waals surface area contributed by atoms with Gasteiger partial charge in [-0.15, -0.1) is 0 Å². The second kappa shape index (κ2) is 7.73. The summed E-state index contributed by atoms with van der Waals surface area (Å²) in [7, 11) is 0. The first-order valence-electron chi connectivity index (χ1n) is 7.62. The summed E-state index contributed by atoms with van der Waals surface area (Å²) in [5.74, 6) is 0.999. The molecule has 1 aromatic carbocycles. The lowest BCUT2D eigenvalue weighted by Crippen LogP contribution is -2.12. The fraction of sp³-hybridized carbons (Fsp3) is 0.471. The molecule has 2 aromatic rings. The summed E-state index contributed by atoms with van der Waals surface area (Å²) in [5, 5.41) is 3.43. The number of aryl methyl sites for hydroxylation is 1. The van der Waals surface area contributed by atoms with Crippen molar-refractivity contribution in [2.24, 2.45) is 0 Å². The first-order chi connectivity index (χ1) is 9.81. The maximum absolute atomic E-state index is 4.42. The van der Waals surface area contributed by atoms with Gasteiger partial charge in [-0.1, -0.05) is 43.7 Å². The van der Waals surface area contributed by atoms with Gasteiger partial charge >= 0.3 is 0 Å². The van der Waals surface area contributed by atoms with Gasteiger partial charge in [-0.25, -0.2) is 4.98 Å². The van der Waals surface area contributed by atoms with Gasteiger partial charge in [-0.05, 0) is 31.7 Å². The summed E-state index contributed by atoms with van der Waals surface area (Å²) in [6.45, 7) is 5.46. The maximum Gasteiger partial charge on any atom is 0.203 e. The van der Waals surface area contributed by atoms with E-state index in [0.717, 1.165) is 25.3 Å². The van der Waals surface area contributed by atoms with Crippen molar-refractivity contribution in [2.75, 3.05) is 11.9 Å². The Morgan fingerprint density at radius 2 is 2.05 bits per heavy atom. The van der Waals surface area contributed by atoms with E-state index in [1.807, 2.05) is 6.20 Å². The SMILES string of the molecule is CCCCNc1nccn1C(C)CCc1ccccc1. The molecule has 1 atom stereocenters. The first kappa shape index (κ1) is 14.6. The molecule has 3 nitrogen and oxygen atoms in total. The van der Waals surface area contributed by atoms with E-state index >= 15 is 0 Å². The van der Waals surface area contributed by atoms with Crippen LogP contribution in [0.1, 0.15) is 44.7 Å². The van der Waals surface area contributed by atoms with Gasteiger partial charge < -0.3 is 9.88 Å². The van der Waals surface area contributed by atoms with Crippen molar-refractivity contribution >= 4 is 5.95 Å². The average molecular weight is 271 g/mol. The van der Waals surface area contributed by atoms with Crippen molar-refractivity contribution in [1.29, 1.82) is 0 Å². The zero-order chi connectivity index (χ0) is 14.2. The van der Waals surface area contributed by atoms with Gasteiger partial charge in [0, 0.05) is 25.0 Å². The molecule has 0 saturated carbocycles. The van der Waals surface area contributed by atoms with Crippen LogP contribution in [-0.2, 0) is 6.42 Å². The maximum atomic E-state index is 4.42. The molecule has 0 aliphatic rings. The number of hydrogen-bond donors (Lipinski definition) is 1. The molecular formula is C17H25N3. The minimum absolute atomic E-state index is 0.460. The van der Waals surface area contributed by atoms with E-state index in [0.29, 0.717) is 6.04 Å². The third-order valence-electron chi connectivity index (χ3n) is 3.65. The molecule has 0 fully saturated rings. The Morgan fingerprint density at radius 1 is 1.25 bits per heavy atom. The van der Waals surface area contributed by atoms with E-state index < -0.39 is 0 Å². The number of nitrogens with zero attached hydrogens (tertiary/aromatic N) is 2. The Morgan fingerprint density at radius 3 is 2.80 bits per heavy atom. The van der Waals surface area contributed by atoms with Gasteiger partial charge in [-0.2, -0.15) is 0 Å². The number of benzene rings is 1. The van der Waals surface area contributed by atoms with Crippen LogP contribution in [0.2, 0.25) is 0 Å². The largest absolute Gasteiger partial charge is 0.356 e. The van der Waals surface area contributed by atoms with E-state index in [4.69, 9.17) is 0 Å². The molecule has 1 unspecified atom stereocenters. The third kappa shape index (κ3) is 4.12. The zero-order valence-corrected chi connectivity index (χ0v) is 12.5. The van der Waals surface area contributed by atoms with Crippen molar-refractivity contribution in [3.63, 3.8) is 0 Å². The molecule has 1 N–H and O–H groups in total. The molecule has 1 heterocycles. The smallest absolute Gasteiger partial charge is 0.203 e. The van der Waals surface area contributed by atoms with Gasteiger partial charge in [0.15, 0.2) is 0 Å². The van der Waals surface area contributed by atoms with Crippen LogP contribution in [-0.4, -0.2) is 16.1 Å². The highest BCUT2D eigenvalue weighted by Crippen LogP contribution is 2.19. The van der Waals surface area contributed by atoms with E-state index in [1.165, 1.54) is 18.4 Å². The summed E-state index contributed by atoms with van der Waals surface area (Å²) in [6.07, 6.45) is 8.58. The van der Waals surface area contributed by atoms with Crippen LogP contribution >= 0.6 is 0 Å². The van der Waals surface area contributed by atoms with Crippen molar-refractivity contribution in [1.82, 2.24) is 9.55 Å². The highest BCUT2D eigenvalue weighted by Gasteiger charge is 2.09. The number of hydrogen-bond acceptors (Lipinski definition) is 2. The summed E-state index contributed by atoms with van der Waals surface area (Å²) in [5.41, 5.74) is 1.40. The van der Waals surface area contributed by atoms with Crippen molar-refractivity contribution in [3.8, 4) is 0 Å². The molecule has 108 valence electrons. The molecule has 0 aliphatic carbocycles. The molecule has 0 saturated heterocycles. The lowest BCUT2D eigenvalue weighted by Gasteiger charge is -2.17. The molecule has 1 aromatic heterocycles. The van der Waals surface area contributed by atoms with E-state index in [2.05, 4.69) is 65.2 Å². The Balaban J connectivity index is 1.89. The van der Waals surface area contributed by atoms with Crippen molar-refractivity contribution < 1.29 is 0 Å². The van der Waals surface area contributed by atoms with E-state index in [9.17, 15) is 0 Å². The summed E-state index contributed by atoms with van der Waals surface area (Å²) >= 11 is 0. The van der Waals surface area contributed by atoms with E-state index in [-0.39, 0.29) is 0 Å². The minimum Gasteiger partial charge on any atom is -0.356 e. The quantitative estimate of drug-likeness (QED) is 0.726. The molecule has 0 spiro atoms. The van der Waals surface area contributed by atoms with E-state index in [1.54, 1.807) is 0 Å². The molecule has 0 amide bonds. The van der Waals surface area contributed by atoms with Crippen LogP contribution in [0.3, 0.4) is 0 Å². The summed E-state index contributed by atoms with van der Waals surface area (Å²) in [4.78, 5) is 4.42. The molecule has 20 heavy (non-hydrogen) atoms. The Kier molecular flexibility index (Phi) is 5.66. The molecule has 2 rings (SSSR count). The molecule has 3 heteroatoms. The number of unbranched alkanes of at least 4 members (excludes halogenated alkanes) is 1. The summed E-state index contributed by atoms with van der Waals surface area (Å²) < 4.78 is 2.25. The molecule has 0 bridgehead atoms. The van der Waals surface area contributed by atoms with Crippen molar-refractivity contribution in [3.05, 3.63) is 48.3 Å². The van der Waals surface area contributed by atoms with Gasteiger partial charge in [-0.3, -0.25) is 0 Å². The lowest BCUT2D eigenvalue weighted by atomic mass is 10.1. The summed E-state index contributed by atoms with van der Waals surface area (Å²) in [6, 6.07) is 11.1. The fourth-order valence-corrected chi connectivity index (χ4v) is 2.34. The topological polar surface area (TPSA) is 29.9 Å². The van der Waals surface area contributed by atoms with Gasteiger partial charge in [0.05, 0.1) is 0 Å². The standard InChI is InChI=1S/C17H25N3/c1-3-4-12-18-17-19-13-14-20(17)15(2)10-11-16-8-6-5-7-9-16/h5-9,13-15H,3-4,10-12H2,1-2H3,(H,18,19). The lowest BCUT2D eigenvalue weighted by molar-refractivity contribution is 0.510. The molecule has 0 aliphatic heterocycles. The van der Waals surface area contributed by atoms with Gasteiger partial charge in [0.2, 0.25) is 5.95 Å². The normalized spacial score (nSPS) is 12.3. The number of aromatic nitrogens is 2. The minimum atomic E-state index is 0.460. The van der Waals surface area contributed by atoms with Gasteiger partial charge in [0.25, 0.3) is 0 Å². The Bertz CT molecular complexity index is 490. The highest BCUT2D eigenvalue weighted by atomic mass is 15.2. The predicted molar refractivity (Wildman–Crippen MR) is 85.1 cm³/mol. The van der Waals surface area contributed by atoms with Crippen LogP contribution in [0.4, 0.5) is 5.95 Å². The second-order valence-corrected chi connectivity index (χ2v) is 5.31. The Labute approximate surface area is 122 Å². The number of nitrogens with one attached hydrogen (secondary N) is 1. The second-order valence-electron chi connectivity index (χ2n) is 5.31. The number of imidazole rings is 1. The zero-order valence-electron chi connectivity index (χ0n) is 12.5. The molecular weight excluding hydrogens is 246 g/mol. The van der Waals surface area contributed by atoms with Crippen LogP contribution in [0.5, 0.6) is 0 Å². The van der Waals surface area contributed by atoms with Crippen LogP contribution in [0.25, 0.3) is 0 Å². The predicted octanol–water partition coefficient (Wildman–Crippen LogP) is 4.29. The monoisotopic (exact) mass is 271 g/mol. The van der Waals surface area contributed by atoms with Crippen molar-refractivity contribution in [2.45, 2.75) is 45.6 Å². The number of anilines is 1. The van der Waals surface area contributed by atoms with Crippen LogP contribution in [0, 0.1) is 0 Å². The Hall–Kier alpha value is -1.77. The van der Waals surface area contributed by atoms with Crippen LogP contribution < -0.4 is 5.32 Å². The first-order valence-corrected chi connectivity index (χ1v) is 7.62. The molecule has 0 radical (unpaired) electrons. The fourth-order valence-electron chi connectivity index (χ4n) is 2.34. The highest BCUT2D eigenvalue weighted by molar-refractivity contribution is 5.26. The van der Waals surface area contributed by atoms with Gasteiger partial charge in [0.1, 0.15) is 0 Å². The number of rotatable bonds is 8. The van der Waals surface area contributed by atoms with Crippen LogP contribution in [0.15, 0.2) is 42.7 Å². The average Bonchev–Trinajstić information content (AvgIpc) is 2.95.